The minimum atomic E-state index is 0.229. The predicted molar refractivity (Wildman–Crippen MR) is 70.7 cm³/mol. The molecule has 0 aromatic heterocycles. The van der Waals surface area contributed by atoms with Crippen LogP contribution in [0.5, 0.6) is 0 Å². The second-order valence-corrected chi connectivity index (χ2v) is 4.88. The fourth-order valence-corrected chi connectivity index (χ4v) is 1.63. The van der Waals surface area contributed by atoms with Crippen molar-refractivity contribution in [1.29, 1.82) is 0 Å². The van der Waals surface area contributed by atoms with Crippen LogP contribution in [0.4, 0.5) is 0 Å². The van der Waals surface area contributed by atoms with E-state index in [-0.39, 0.29) is 5.78 Å². The Morgan fingerprint density at radius 1 is 1.00 bits per heavy atom. The van der Waals surface area contributed by atoms with E-state index >= 15 is 0 Å². The molecule has 0 aromatic carbocycles. The zero-order valence-electron chi connectivity index (χ0n) is 11.2. The van der Waals surface area contributed by atoms with Crippen molar-refractivity contribution in [2.24, 2.45) is 0 Å². The Morgan fingerprint density at radius 3 is 2.00 bits per heavy atom. The lowest BCUT2D eigenvalue weighted by molar-refractivity contribution is -0.115. The SMILES string of the molecule is C=C(C)C(=O)CCCCCCCCN(C)C. The van der Waals surface area contributed by atoms with Gasteiger partial charge in [-0.15, -0.1) is 0 Å². The van der Waals surface area contributed by atoms with Gasteiger partial charge in [-0.1, -0.05) is 32.3 Å². The molecule has 0 fully saturated rings. The van der Waals surface area contributed by atoms with Crippen molar-refractivity contribution in [2.45, 2.75) is 51.9 Å². The van der Waals surface area contributed by atoms with Crippen LogP contribution in [-0.2, 0) is 4.79 Å². The molecule has 0 aliphatic rings. The summed E-state index contributed by atoms with van der Waals surface area (Å²) < 4.78 is 0. The number of hydrogen-bond acceptors (Lipinski definition) is 2. The third-order valence-electron chi connectivity index (χ3n) is 2.74. The maximum absolute atomic E-state index is 11.2. The molecule has 16 heavy (non-hydrogen) atoms. The molecule has 0 aromatic rings. The van der Waals surface area contributed by atoms with Crippen molar-refractivity contribution in [2.75, 3.05) is 20.6 Å². The lowest BCUT2D eigenvalue weighted by atomic mass is 10.1. The summed E-state index contributed by atoms with van der Waals surface area (Å²) in [5.41, 5.74) is 0.700. The van der Waals surface area contributed by atoms with Crippen LogP contribution in [0.1, 0.15) is 51.9 Å². The van der Waals surface area contributed by atoms with E-state index < -0.39 is 0 Å². The molecule has 0 unspecified atom stereocenters. The van der Waals surface area contributed by atoms with Crippen molar-refractivity contribution >= 4 is 5.78 Å². The summed E-state index contributed by atoms with van der Waals surface area (Å²) in [5.74, 6) is 0.229. The van der Waals surface area contributed by atoms with E-state index in [0.29, 0.717) is 12.0 Å². The predicted octanol–water partition coefficient (Wildman–Crippen LogP) is 3.42. The number of rotatable bonds is 10. The molecular weight excluding hydrogens is 198 g/mol. The number of carbonyl (C=O) groups is 1. The maximum atomic E-state index is 11.2. The topological polar surface area (TPSA) is 20.3 Å². The Balaban J connectivity index is 3.16. The molecule has 2 nitrogen and oxygen atoms in total. The second kappa shape index (κ2) is 9.59. The first kappa shape index (κ1) is 15.4. The van der Waals surface area contributed by atoms with Gasteiger partial charge >= 0.3 is 0 Å². The maximum Gasteiger partial charge on any atom is 0.157 e. The number of nitrogens with zero attached hydrogens (tertiary/aromatic N) is 1. The van der Waals surface area contributed by atoms with Crippen LogP contribution < -0.4 is 0 Å². The third-order valence-corrected chi connectivity index (χ3v) is 2.74. The van der Waals surface area contributed by atoms with Crippen LogP contribution in [0.3, 0.4) is 0 Å². The molecule has 0 saturated carbocycles. The highest BCUT2D eigenvalue weighted by molar-refractivity contribution is 5.93. The minimum Gasteiger partial charge on any atom is -0.309 e. The molecule has 0 aliphatic heterocycles. The van der Waals surface area contributed by atoms with Gasteiger partial charge in [-0.05, 0) is 46.0 Å². The number of ketones is 1. The Hall–Kier alpha value is -0.630. The summed E-state index contributed by atoms with van der Waals surface area (Å²) >= 11 is 0. The lowest BCUT2D eigenvalue weighted by Gasteiger charge is -2.08. The fourth-order valence-electron chi connectivity index (χ4n) is 1.63. The highest BCUT2D eigenvalue weighted by Gasteiger charge is 2.01. The van der Waals surface area contributed by atoms with E-state index in [9.17, 15) is 4.79 Å². The average Bonchev–Trinajstić information content (AvgIpc) is 2.21. The molecule has 0 amide bonds. The third kappa shape index (κ3) is 9.91. The monoisotopic (exact) mass is 225 g/mol. The largest absolute Gasteiger partial charge is 0.309 e. The van der Waals surface area contributed by atoms with Gasteiger partial charge in [-0.3, -0.25) is 4.79 Å². The zero-order valence-corrected chi connectivity index (χ0v) is 11.2. The van der Waals surface area contributed by atoms with E-state index in [2.05, 4.69) is 25.6 Å². The first-order valence-electron chi connectivity index (χ1n) is 6.37. The summed E-state index contributed by atoms with van der Waals surface area (Å²) in [6.45, 7) is 6.64. The number of carbonyl (C=O) groups excluding carboxylic acids is 1. The molecular formula is C14H27NO. The van der Waals surface area contributed by atoms with Crippen molar-refractivity contribution in [3.8, 4) is 0 Å². The highest BCUT2D eigenvalue weighted by Crippen LogP contribution is 2.09. The molecule has 94 valence electrons. The Morgan fingerprint density at radius 2 is 1.50 bits per heavy atom. The van der Waals surface area contributed by atoms with E-state index in [1.807, 2.05) is 0 Å². The summed E-state index contributed by atoms with van der Waals surface area (Å²) in [6.07, 6.45) is 8.06. The quantitative estimate of drug-likeness (QED) is 0.419. The van der Waals surface area contributed by atoms with Crippen molar-refractivity contribution in [1.82, 2.24) is 4.90 Å². The standard InChI is InChI=1S/C14H27NO/c1-13(2)14(16)11-9-7-5-6-8-10-12-15(3)4/h1,5-12H2,2-4H3. The number of Topliss-reactive ketones (excluding diaryl/α,β-unsaturated/α-hetero) is 1. The molecule has 2 heteroatoms. The Kier molecular flexibility index (Phi) is 9.21. The zero-order chi connectivity index (χ0) is 12.4. The van der Waals surface area contributed by atoms with Gasteiger partial charge in [-0.2, -0.15) is 0 Å². The molecule has 0 N–H and O–H groups in total. The normalized spacial score (nSPS) is 10.8. The second-order valence-electron chi connectivity index (χ2n) is 4.88. The van der Waals surface area contributed by atoms with Crippen LogP contribution in [0.25, 0.3) is 0 Å². The van der Waals surface area contributed by atoms with Gasteiger partial charge in [0, 0.05) is 6.42 Å². The fraction of sp³-hybridized carbons (Fsp3) is 0.786. The molecule has 0 rings (SSSR count). The lowest BCUT2D eigenvalue weighted by Crippen LogP contribution is -2.12. The van der Waals surface area contributed by atoms with Crippen LogP contribution >= 0.6 is 0 Å². The molecule has 0 heterocycles. The smallest absolute Gasteiger partial charge is 0.157 e. The van der Waals surface area contributed by atoms with E-state index in [1.54, 1.807) is 6.92 Å². The van der Waals surface area contributed by atoms with Crippen LogP contribution in [0.15, 0.2) is 12.2 Å². The summed E-state index contributed by atoms with van der Waals surface area (Å²) in [4.78, 5) is 13.5. The van der Waals surface area contributed by atoms with Crippen molar-refractivity contribution in [3.63, 3.8) is 0 Å². The van der Waals surface area contributed by atoms with Gasteiger partial charge in [-0.25, -0.2) is 0 Å². The van der Waals surface area contributed by atoms with E-state index in [0.717, 1.165) is 6.42 Å². The Labute approximate surface area is 101 Å². The molecule has 0 aliphatic carbocycles. The van der Waals surface area contributed by atoms with Gasteiger partial charge < -0.3 is 4.90 Å². The molecule has 0 bridgehead atoms. The number of allylic oxidation sites excluding steroid dienone is 1. The summed E-state index contributed by atoms with van der Waals surface area (Å²) in [7, 11) is 4.23. The minimum absolute atomic E-state index is 0.229. The molecule has 0 atom stereocenters. The molecule has 0 spiro atoms. The number of hydrogen-bond donors (Lipinski definition) is 0. The van der Waals surface area contributed by atoms with Crippen LogP contribution in [0, 0.1) is 0 Å². The summed E-state index contributed by atoms with van der Waals surface area (Å²) in [5, 5.41) is 0. The summed E-state index contributed by atoms with van der Waals surface area (Å²) in [6, 6.07) is 0. The number of unbranched alkanes of at least 4 members (excludes halogenated alkanes) is 5. The van der Waals surface area contributed by atoms with Gasteiger partial charge in [0.2, 0.25) is 0 Å². The van der Waals surface area contributed by atoms with Crippen molar-refractivity contribution in [3.05, 3.63) is 12.2 Å². The highest BCUT2D eigenvalue weighted by atomic mass is 16.1. The molecule has 0 saturated heterocycles. The van der Waals surface area contributed by atoms with Crippen LogP contribution in [-0.4, -0.2) is 31.3 Å². The first-order chi connectivity index (χ1) is 7.54. The average molecular weight is 225 g/mol. The first-order valence-corrected chi connectivity index (χ1v) is 6.37. The van der Waals surface area contributed by atoms with Gasteiger partial charge in [0.15, 0.2) is 5.78 Å². The van der Waals surface area contributed by atoms with Gasteiger partial charge in [0.1, 0.15) is 0 Å². The van der Waals surface area contributed by atoms with E-state index in [4.69, 9.17) is 0 Å². The van der Waals surface area contributed by atoms with E-state index in [1.165, 1.54) is 38.6 Å². The molecule has 0 radical (unpaired) electrons. The van der Waals surface area contributed by atoms with Crippen molar-refractivity contribution < 1.29 is 4.79 Å². The van der Waals surface area contributed by atoms with Gasteiger partial charge in [0.05, 0.1) is 0 Å². The van der Waals surface area contributed by atoms with Crippen LogP contribution in [0.2, 0.25) is 0 Å². The Bertz CT molecular complexity index is 209. The van der Waals surface area contributed by atoms with Gasteiger partial charge in [0.25, 0.3) is 0 Å².